The lowest BCUT2D eigenvalue weighted by Gasteiger charge is -2.23. The van der Waals surface area contributed by atoms with Crippen LogP contribution < -0.4 is 10.6 Å². The van der Waals surface area contributed by atoms with Crippen molar-refractivity contribution in [1.29, 1.82) is 0 Å². The number of nitrogens with one attached hydrogen (secondary N) is 2. The molecule has 0 radical (unpaired) electrons. The van der Waals surface area contributed by atoms with Crippen molar-refractivity contribution < 1.29 is 9.53 Å². The molecule has 0 aliphatic heterocycles. The average molecular weight is 304 g/mol. The first kappa shape index (κ1) is 16.7. The van der Waals surface area contributed by atoms with E-state index in [1.165, 1.54) is 32.1 Å². The average Bonchev–Trinajstić information content (AvgIpc) is 2.45. The Labute approximate surface area is 133 Å². The van der Waals surface area contributed by atoms with Crippen LogP contribution >= 0.6 is 0 Å². The molecule has 2 N–H and O–H groups in total. The molecule has 1 fully saturated rings. The van der Waals surface area contributed by atoms with E-state index in [9.17, 15) is 4.79 Å². The van der Waals surface area contributed by atoms with E-state index in [1.807, 2.05) is 45.0 Å². The van der Waals surface area contributed by atoms with Gasteiger partial charge in [-0.05, 0) is 51.7 Å². The standard InChI is InChI=1S/C18H28N2O2/c1-18(2,3)22-17(21)20-16-12-8-7-11-15(16)19-13-14-9-5-4-6-10-14/h7-8,11-12,14,19H,4-6,9-10,13H2,1-3H3,(H,20,21). The molecule has 0 aromatic heterocycles. The summed E-state index contributed by atoms with van der Waals surface area (Å²) in [4.78, 5) is 11.9. The monoisotopic (exact) mass is 304 g/mol. The molecule has 4 heteroatoms. The summed E-state index contributed by atoms with van der Waals surface area (Å²) in [5.41, 5.74) is 1.24. The molecule has 0 bridgehead atoms. The highest BCUT2D eigenvalue weighted by atomic mass is 16.6. The summed E-state index contributed by atoms with van der Waals surface area (Å²) in [6.07, 6.45) is 6.23. The summed E-state index contributed by atoms with van der Waals surface area (Å²) in [7, 11) is 0. The van der Waals surface area contributed by atoms with Crippen LogP contribution in [-0.2, 0) is 4.74 Å². The van der Waals surface area contributed by atoms with Crippen molar-refractivity contribution in [2.75, 3.05) is 17.2 Å². The molecule has 1 saturated carbocycles. The first-order valence-electron chi connectivity index (χ1n) is 8.27. The van der Waals surface area contributed by atoms with Crippen molar-refractivity contribution in [2.45, 2.75) is 58.5 Å². The molecule has 0 spiro atoms. The fourth-order valence-corrected chi connectivity index (χ4v) is 2.81. The number of anilines is 2. The zero-order valence-electron chi connectivity index (χ0n) is 13.9. The van der Waals surface area contributed by atoms with Crippen molar-refractivity contribution >= 4 is 17.5 Å². The SMILES string of the molecule is CC(C)(C)OC(=O)Nc1ccccc1NCC1CCCCC1. The molecule has 0 unspecified atom stereocenters. The number of hydrogen-bond donors (Lipinski definition) is 2. The van der Waals surface area contributed by atoms with Gasteiger partial charge in [0.15, 0.2) is 0 Å². The van der Waals surface area contributed by atoms with Crippen LogP contribution in [-0.4, -0.2) is 18.2 Å². The van der Waals surface area contributed by atoms with Crippen molar-refractivity contribution in [3.8, 4) is 0 Å². The molecule has 1 aromatic rings. The minimum atomic E-state index is -0.492. The molecule has 0 atom stereocenters. The second kappa shape index (κ2) is 7.52. The first-order chi connectivity index (χ1) is 10.4. The second-order valence-corrected chi connectivity index (χ2v) is 7.06. The van der Waals surface area contributed by atoms with Gasteiger partial charge in [0.25, 0.3) is 0 Å². The Balaban J connectivity index is 1.92. The minimum Gasteiger partial charge on any atom is -0.444 e. The second-order valence-electron chi connectivity index (χ2n) is 7.06. The predicted octanol–water partition coefficient (Wildman–Crippen LogP) is 5.03. The van der Waals surface area contributed by atoms with Gasteiger partial charge in [0.2, 0.25) is 0 Å². The van der Waals surface area contributed by atoms with Gasteiger partial charge >= 0.3 is 6.09 Å². The van der Waals surface area contributed by atoms with E-state index in [2.05, 4.69) is 10.6 Å². The van der Waals surface area contributed by atoms with Gasteiger partial charge in [-0.2, -0.15) is 0 Å². The smallest absolute Gasteiger partial charge is 0.412 e. The van der Waals surface area contributed by atoms with Crippen molar-refractivity contribution in [3.63, 3.8) is 0 Å². The number of rotatable bonds is 4. The van der Waals surface area contributed by atoms with Crippen molar-refractivity contribution in [3.05, 3.63) is 24.3 Å². The van der Waals surface area contributed by atoms with Gasteiger partial charge < -0.3 is 10.1 Å². The third-order valence-electron chi connectivity index (χ3n) is 3.87. The van der Waals surface area contributed by atoms with Crippen LogP contribution in [0.15, 0.2) is 24.3 Å². The molecule has 0 heterocycles. The zero-order valence-corrected chi connectivity index (χ0v) is 13.9. The Morgan fingerprint density at radius 2 is 1.77 bits per heavy atom. The normalized spacial score (nSPS) is 16.1. The molecule has 1 aromatic carbocycles. The molecular formula is C18H28N2O2. The van der Waals surface area contributed by atoms with E-state index in [0.717, 1.165) is 23.8 Å². The topological polar surface area (TPSA) is 50.4 Å². The van der Waals surface area contributed by atoms with Crippen LogP contribution in [0.4, 0.5) is 16.2 Å². The fraction of sp³-hybridized carbons (Fsp3) is 0.611. The minimum absolute atomic E-state index is 0.417. The van der Waals surface area contributed by atoms with Gasteiger partial charge in [-0.3, -0.25) is 5.32 Å². The van der Waals surface area contributed by atoms with Crippen LogP contribution in [0.5, 0.6) is 0 Å². The van der Waals surface area contributed by atoms with Gasteiger partial charge in [-0.1, -0.05) is 31.4 Å². The molecule has 4 nitrogen and oxygen atoms in total. The number of benzene rings is 1. The van der Waals surface area contributed by atoms with Crippen LogP contribution in [0.1, 0.15) is 52.9 Å². The highest BCUT2D eigenvalue weighted by Crippen LogP contribution is 2.26. The maximum Gasteiger partial charge on any atom is 0.412 e. The predicted molar refractivity (Wildman–Crippen MR) is 91.4 cm³/mol. The Morgan fingerprint density at radius 3 is 2.41 bits per heavy atom. The van der Waals surface area contributed by atoms with E-state index >= 15 is 0 Å². The Bertz CT molecular complexity index is 488. The third kappa shape index (κ3) is 5.58. The van der Waals surface area contributed by atoms with Gasteiger partial charge in [-0.15, -0.1) is 0 Å². The lowest BCUT2D eigenvalue weighted by Crippen LogP contribution is -2.27. The molecule has 22 heavy (non-hydrogen) atoms. The highest BCUT2D eigenvalue weighted by Gasteiger charge is 2.18. The molecule has 122 valence electrons. The molecule has 1 aliphatic rings. The van der Waals surface area contributed by atoms with E-state index in [-0.39, 0.29) is 0 Å². The first-order valence-corrected chi connectivity index (χ1v) is 8.27. The van der Waals surface area contributed by atoms with E-state index in [1.54, 1.807) is 0 Å². The molecule has 0 saturated heterocycles. The van der Waals surface area contributed by atoms with Crippen LogP contribution in [0, 0.1) is 5.92 Å². The van der Waals surface area contributed by atoms with Gasteiger partial charge in [-0.25, -0.2) is 4.79 Å². The zero-order chi connectivity index (χ0) is 16.0. The fourth-order valence-electron chi connectivity index (χ4n) is 2.81. The molecule has 1 aliphatic carbocycles. The van der Waals surface area contributed by atoms with Gasteiger partial charge in [0, 0.05) is 6.54 Å². The number of amides is 1. The number of para-hydroxylation sites is 2. The van der Waals surface area contributed by atoms with Crippen molar-refractivity contribution in [2.24, 2.45) is 5.92 Å². The number of hydrogen-bond acceptors (Lipinski definition) is 3. The van der Waals surface area contributed by atoms with E-state index in [4.69, 9.17) is 4.74 Å². The maximum absolute atomic E-state index is 11.9. The molecule has 2 rings (SSSR count). The largest absolute Gasteiger partial charge is 0.444 e. The number of ether oxygens (including phenoxy) is 1. The van der Waals surface area contributed by atoms with E-state index < -0.39 is 11.7 Å². The summed E-state index contributed by atoms with van der Waals surface area (Å²) in [5, 5.41) is 6.31. The summed E-state index contributed by atoms with van der Waals surface area (Å²) < 4.78 is 5.31. The van der Waals surface area contributed by atoms with Crippen LogP contribution in [0.25, 0.3) is 0 Å². The maximum atomic E-state index is 11.9. The van der Waals surface area contributed by atoms with E-state index in [0.29, 0.717) is 0 Å². The highest BCUT2D eigenvalue weighted by molar-refractivity contribution is 5.89. The lowest BCUT2D eigenvalue weighted by atomic mass is 9.89. The van der Waals surface area contributed by atoms with Crippen LogP contribution in [0.2, 0.25) is 0 Å². The summed E-state index contributed by atoms with van der Waals surface area (Å²) in [6.45, 7) is 6.55. The summed E-state index contributed by atoms with van der Waals surface area (Å²) >= 11 is 0. The summed E-state index contributed by atoms with van der Waals surface area (Å²) in [5.74, 6) is 0.739. The Hall–Kier alpha value is -1.71. The lowest BCUT2D eigenvalue weighted by molar-refractivity contribution is 0.0636. The van der Waals surface area contributed by atoms with Crippen LogP contribution in [0.3, 0.4) is 0 Å². The molecule has 1 amide bonds. The van der Waals surface area contributed by atoms with Crippen molar-refractivity contribution in [1.82, 2.24) is 0 Å². The third-order valence-corrected chi connectivity index (χ3v) is 3.87. The Morgan fingerprint density at radius 1 is 1.14 bits per heavy atom. The Kier molecular flexibility index (Phi) is 5.69. The van der Waals surface area contributed by atoms with Gasteiger partial charge in [0.05, 0.1) is 11.4 Å². The number of carbonyl (C=O) groups excluding carboxylic acids is 1. The summed E-state index contributed by atoms with van der Waals surface area (Å²) in [6, 6.07) is 7.78. The van der Waals surface area contributed by atoms with Gasteiger partial charge in [0.1, 0.15) is 5.60 Å². The number of carbonyl (C=O) groups is 1. The quantitative estimate of drug-likeness (QED) is 0.820. The molecular weight excluding hydrogens is 276 g/mol.